The Kier molecular flexibility index (Phi) is 3.29. The van der Waals surface area contributed by atoms with Crippen LogP contribution in [0.3, 0.4) is 0 Å². The summed E-state index contributed by atoms with van der Waals surface area (Å²) in [7, 11) is 0. The molecular weight excluding hydrogens is 258 g/mol. The van der Waals surface area contributed by atoms with E-state index in [1.54, 1.807) is 18.5 Å². The molecule has 0 radical (unpaired) electrons. The summed E-state index contributed by atoms with van der Waals surface area (Å²) in [6, 6.07) is 11.9. The fourth-order valence-electron chi connectivity index (χ4n) is 2.01. The van der Waals surface area contributed by atoms with E-state index in [2.05, 4.69) is 21.4 Å². The molecule has 0 amide bonds. The molecule has 2 aromatic heterocycles. The molecule has 4 heteroatoms. The topological polar surface area (TPSA) is 37.8 Å². The number of pyridine rings is 2. The Balaban J connectivity index is 1.88. The van der Waals surface area contributed by atoms with Gasteiger partial charge in [0.05, 0.1) is 22.4 Å². The van der Waals surface area contributed by atoms with Crippen molar-refractivity contribution in [1.82, 2.24) is 9.97 Å². The number of para-hydroxylation sites is 1. The van der Waals surface area contributed by atoms with Crippen LogP contribution in [0.4, 0.5) is 5.69 Å². The molecule has 0 atom stereocenters. The normalized spacial score (nSPS) is 10.6. The van der Waals surface area contributed by atoms with Crippen molar-refractivity contribution < 1.29 is 0 Å². The predicted molar refractivity (Wildman–Crippen MR) is 78.3 cm³/mol. The van der Waals surface area contributed by atoms with Crippen LogP contribution in [-0.2, 0) is 6.54 Å². The zero-order chi connectivity index (χ0) is 13.1. The minimum absolute atomic E-state index is 0.674. The number of aromatic nitrogens is 2. The molecule has 0 saturated heterocycles. The van der Waals surface area contributed by atoms with Crippen LogP contribution in [0.1, 0.15) is 5.56 Å². The first kappa shape index (κ1) is 11.9. The van der Waals surface area contributed by atoms with E-state index in [0.717, 1.165) is 16.6 Å². The zero-order valence-corrected chi connectivity index (χ0v) is 10.9. The third kappa shape index (κ3) is 2.51. The van der Waals surface area contributed by atoms with Crippen molar-refractivity contribution in [3.05, 3.63) is 65.6 Å². The number of benzene rings is 1. The predicted octanol–water partition coefficient (Wildman–Crippen LogP) is 3.90. The molecule has 19 heavy (non-hydrogen) atoms. The van der Waals surface area contributed by atoms with Crippen LogP contribution in [-0.4, -0.2) is 9.97 Å². The Morgan fingerprint density at radius 1 is 1.05 bits per heavy atom. The highest BCUT2D eigenvalue weighted by Gasteiger charge is 2.03. The second-order valence-corrected chi connectivity index (χ2v) is 4.60. The molecule has 0 spiro atoms. The first-order chi connectivity index (χ1) is 9.34. The number of nitrogens with one attached hydrogen (secondary N) is 1. The number of halogens is 1. The maximum absolute atomic E-state index is 6.09. The molecular formula is C15H12ClN3. The molecule has 3 rings (SSSR count). The fourth-order valence-corrected chi connectivity index (χ4v) is 2.18. The van der Waals surface area contributed by atoms with Crippen molar-refractivity contribution >= 4 is 28.2 Å². The minimum Gasteiger partial charge on any atom is -0.378 e. The van der Waals surface area contributed by atoms with Crippen LogP contribution < -0.4 is 5.32 Å². The Bertz CT molecular complexity index is 707. The number of hydrogen-bond donors (Lipinski definition) is 1. The molecule has 3 aromatic rings. The summed E-state index contributed by atoms with van der Waals surface area (Å²) in [5.74, 6) is 0. The summed E-state index contributed by atoms with van der Waals surface area (Å²) in [4.78, 5) is 8.41. The Hall–Kier alpha value is -2.13. The van der Waals surface area contributed by atoms with Crippen molar-refractivity contribution in [3.63, 3.8) is 0 Å². The molecule has 0 unspecified atom stereocenters. The minimum atomic E-state index is 0.674. The maximum atomic E-state index is 6.09. The van der Waals surface area contributed by atoms with E-state index in [9.17, 15) is 0 Å². The monoisotopic (exact) mass is 269 g/mol. The molecule has 2 heterocycles. The first-order valence-electron chi connectivity index (χ1n) is 6.00. The number of fused-ring (bicyclic) bond motifs is 1. The molecule has 94 valence electrons. The highest BCUT2D eigenvalue weighted by Crippen LogP contribution is 2.22. The lowest BCUT2D eigenvalue weighted by molar-refractivity contribution is 1.14. The van der Waals surface area contributed by atoms with E-state index in [4.69, 9.17) is 11.6 Å². The molecule has 0 aliphatic carbocycles. The van der Waals surface area contributed by atoms with Crippen molar-refractivity contribution in [1.29, 1.82) is 0 Å². The van der Waals surface area contributed by atoms with Gasteiger partial charge in [-0.25, -0.2) is 0 Å². The molecule has 0 aliphatic heterocycles. The fraction of sp³-hybridized carbons (Fsp3) is 0.0667. The van der Waals surface area contributed by atoms with Gasteiger partial charge in [-0.3, -0.25) is 9.97 Å². The van der Waals surface area contributed by atoms with Crippen molar-refractivity contribution in [2.24, 2.45) is 0 Å². The average Bonchev–Trinajstić information content (AvgIpc) is 2.46. The SMILES string of the molecule is Clc1ccncc1NCc1ccnc2ccccc12. The highest BCUT2D eigenvalue weighted by molar-refractivity contribution is 6.33. The van der Waals surface area contributed by atoms with Crippen molar-refractivity contribution in [3.8, 4) is 0 Å². The second-order valence-electron chi connectivity index (χ2n) is 4.20. The Morgan fingerprint density at radius 2 is 1.95 bits per heavy atom. The van der Waals surface area contributed by atoms with Gasteiger partial charge in [-0.15, -0.1) is 0 Å². The van der Waals surface area contributed by atoms with E-state index in [1.165, 1.54) is 5.56 Å². The van der Waals surface area contributed by atoms with Gasteiger partial charge in [0.2, 0.25) is 0 Å². The standard InChI is InChI=1S/C15H12ClN3/c16-13-6-7-17-10-15(13)19-9-11-5-8-18-14-4-2-1-3-12(11)14/h1-8,10,19H,9H2. The van der Waals surface area contributed by atoms with Crippen LogP contribution in [0.15, 0.2) is 55.0 Å². The molecule has 0 saturated carbocycles. The van der Waals surface area contributed by atoms with Crippen LogP contribution in [0.5, 0.6) is 0 Å². The van der Waals surface area contributed by atoms with Gasteiger partial charge in [-0.05, 0) is 23.8 Å². The summed E-state index contributed by atoms with van der Waals surface area (Å²) in [5, 5.41) is 5.12. The highest BCUT2D eigenvalue weighted by atomic mass is 35.5. The largest absolute Gasteiger partial charge is 0.378 e. The number of hydrogen-bond acceptors (Lipinski definition) is 3. The molecule has 0 aliphatic rings. The van der Waals surface area contributed by atoms with Crippen molar-refractivity contribution in [2.75, 3.05) is 5.32 Å². The van der Waals surface area contributed by atoms with Crippen LogP contribution in [0, 0.1) is 0 Å². The van der Waals surface area contributed by atoms with Gasteiger partial charge in [-0.2, -0.15) is 0 Å². The van der Waals surface area contributed by atoms with Gasteiger partial charge in [0.25, 0.3) is 0 Å². The Morgan fingerprint density at radius 3 is 2.84 bits per heavy atom. The lowest BCUT2D eigenvalue weighted by Crippen LogP contribution is -2.01. The molecule has 1 N–H and O–H groups in total. The van der Waals surface area contributed by atoms with Gasteiger partial charge >= 0.3 is 0 Å². The summed E-state index contributed by atoms with van der Waals surface area (Å²) < 4.78 is 0. The van der Waals surface area contributed by atoms with Gasteiger partial charge in [0, 0.05) is 24.3 Å². The van der Waals surface area contributed by atoms with Gasteiger partial charge in [0.15, 0.2) is 0 Å². The quantitative estimate of drug-likeness (QED) is 0.784. The van der Waals surface area contributed by atoms with Crippen molar-refractivity contribution in [2.45, 2.75) is 6.54 Å². The number of nitrogens with zero attached hydrogens (tertiary/aromatic N) is 2. The summed E-state index contributed by atoms with van der Waals surface area (Å²) in [5.41, 5.74) is 3.02. The van der Waals surface area contributed by atoms with Gasteiger partial charge in [-0.1, -0.05) is 29.8 Å². The lowest BCUT2D eigenvalue weighted by atomic mass is 10.1. The van der Waals surface area contributed by atoms with E-state index in [-0.39, 0.29) is 0 Å². The summed E-state index contributed by atoms with van der Waals surface area (Å²) >= 11 is 6.09. The smallest absolute Gasteiger partial charge is 0.0718 e. The van der Waals surface area contributed by atoms with E-state index in [1.807, 2.05) is 30.5 Å². The molecule has 0 bridgehead atoms. The third-order valence-corrected chi connectivity index (χ3v) is 3.31. The van der Waals surface area contributed by atoms with Gasteiger partial charge < -0.3 is 5.32 Å². The second kappa shape index (κ2) is 5.24. The molecule has 0 fully saturated rings. The van der Waals surface area contributed by atoms with E-state index < -0.39 is 0 Å². The number of rotatable bonds is 3. The van der Waals surface area contributed by atoms with Crippen LogP contribution in [0.25, 0.3) is 10.9 Å². The maximum Gasteiger partial charge on any atom is 0.0718 e. The number of anilines is 1. The summed E-state index contributed by atoms with van der Waals surface area (Å²) in [6.45, 7) is 0.689. The first-order valence-corrected chi connectivity index (χ1v) is 6.38. The summed E-state index contributed by atoms with van der Waals surface area (Å²) in [6.07, 6.45) is 5.23. The lowest BCUT2D eigenvalue weighted by Gasteiger charge is -2.09. The molecule has 3 nitrogen and oxygen atoms in total. The average molecular weight is 270 g/mol. The van der Waals surface area contributed by atoms with Gasteiger partial charge in [0.1, 0.15) is 0 Å². The van der Waals surface area contributed by atoms with Crippen LogP contribution in [0.2, 0.25) is 5.02 Å². The van der Waals surface area contributed by atoms with E-state index >= 15 is 0 Å². The zero-order valence-electron chi connectivity index (χ0n) is 10.2. The van der Waals surface area contributed by atoms with E-state index in [0.29, 0.717) is 11.6 Å². The molecule has 1 aromatic carbocycles. The Labute approximate surface area is 116 Å². The third-order valence-electron chi connectivity index (χ3n) is 2.98. The van der Waals surface area contributed by atoms with Crippen LogP contribution >= 0.6 is 11.6 Å².